The minimum atomic E-state index is 0.318. The highest BCUT2D eigenvalue weighted by Gasteiger charge is 2.13. The third-order valence-electron chi connectivity index (χ3n) is 2.93. The monoisotopic (exact) mass is 313 g/mol. The largest absolute Gasteiger partial charge is 0.309 e. The van der Waals surface area contributed by atoms with Crippen LogP contribution >= 0.6 is 34.5 Å². The van der Waals surface area contributed by atoms with E-state index in [0.29, 0.717) is 6.04 Å². The molecule has 2 aromatic rings. The minimum Gasteiger partial charge on any atom is -0.309 e. The Hall–Kier alpha value is -0.540. The molecule has 0 fully saturated rings. The highest BCUT2D eigenvalue weighted by atomic mass is 35.5. The van der Waals surface area contributed by atoms with Gasteiger partial charge in [-0.05, 0) is 49.2 Å². The molecular formula is C15H17Cl2NS. The predicted octanol–water partition coefficient (Wildman–Crippen LogP) is 5.34. The van der Waals surface area contributed by atoms with Crippen molar-refractivity contribution in [3.05, 3.63) is 56.2 Å². The van der Waals surface area contributed by atoms with Crippen molar-refractivity contribution >= 4 is 34.5 Å². The van der Waals surface area contributed by atoms with Gasteiger partial charge in [-0.25, -0.2) is 0 Å². The molecule has 0 radical (unpaired) electrons. The Kier molecular flexibility index (Phi) is 5.71. The Morgan fingerprint density at radius 2 is 1.84 bits per heavy atom. The minimum absolute atomic E-state index is 0.318. The average Bonchev–Trinajstić information content (AvgIpc) is 2.83. The lowest BCUT2D eigenvalue weighted by Crippen LogP contribution is -2.23. The van der Waals surface area contributed by atoms with E-state index in [1.165, 1.54) is 10.4 Å². The first kappa shape index (κ1) is 14.9. The lowest BCUT2D eigenvalue weighted by Gasteiger charge is -2.17. The highest BCUT2D eigenvalue weighted by Crippen LogP contribution is 2.29. The Labute approximate surface area is 128 Å². The van der Waals surface area contributed by atoms with Gasteiger partial charge in [0.1, 0.15) is 0 Å². The zero-order valence-electron chi connectivity index (χ0n) is 10.8. The van der Waals surface area contributed by atoms with Crippen molar-refractivity contribution in [2.45, 2.75) is 25.8 Å². The van der Waals surface area contributed by atoms with E-state index in [1.54, 1.807) is 11.3 Å². The van der Waals surface area contributed by atoms with E-state index in [0.717, 1.165) is 28.7 Å². The first-order valence-electron chi connectivity index (χ1n) is 6.42. The number of halogens is 2. The second-order valence-corrected chi connectivity index (χ2v) is 6.66. The summed E-state index contributed by atoms with van der Waals surface area (Å²) in [6.45, 7) is 3.18. The first-order chi connectivity index (χ1) is 9.19. The molecule has 4 heteroatoms. The Morgan fingerprint density at radius 3 is 2.42 bits per heavy atom. The van der Waals surface area contributed by atoms with Gasteiger partial charge in [0.2, 0.25) is 0 Å². The van der Waals surface area contributed by atoms with E-state index in [1.807, 2.05) is 18.2 Å². The molecule has 0 aliphatic carbocycles. The summed E-state index contributed by atoms with van der Waals surface area (Å²) in [6, 6.07) is 12.4. The van der Waals surface area contributed by atoms with Crippen LogP contribution in [-0.4, -0.2) is 6.54 Å². The highest BCUT2D eigenvalue weighted by molar-refractivity contribution is 7.16. The van der Waals surface area contributed by atoms with Gasteiger partial charge in [0.15, 0.2) is 0 Å². The fourth-order valence-corrected chi connectivity index (χ4v) is 3.23. The van der Waals surface area contributed by atoms with E-state index in [-0.39, 0.29) is 0 Å². The smallest absolute Gasteiger partial charge is 0.0931 e. The summed E-state index contributed by atoms with van der Waals surface area (Å²) in [5, 5.41) is 4.36. The van der Waals surface area contributed by atoms with Crippen molar-refractivity contribution in [1.82, 2.24) is 5.32 Å². The fraction of sp³-hybridized carbons (Fsp3) is 0.333. The molecule has 0 saturated carbocycles. The maximum absolute atomic E-state index is 6.04. The summed E-state index contributed by atoms with van der Waals surface area (Å²) in [4.78, 5) is 1.29. The molecule has 0 aliphatic heterocycles. The van der Waals surface area contributed by atoms with Gasteiger partial charge in [-0.3, -0.25) is 0 Å². The lowest BCUT2D eigenvalue weighted by atomic mass is 10.0. The molecule has 0 aliphatic rings. The number of nitrogens with one attached hydrogen (secondary N) is 1. The summed E-state index contributed by atoms with van der Waals surface area (Å²) in [5.41, 5.74) is 1.28. The van der Waals surface area contributed by atoms with Crippen LogP contribution in [0.1, 0.15) is 29.8 Å². The topological polar surface area (TPSA) is 12.0 Å². The third-order valence-corrected chi connectivity index (χ3v) is 4.53. The third kappa shape index (κ3) is 4.50. The van der Waals surface area contributed by atoms with E-state index >= 15 is 0 Å². The van der Waals surface area contributed by atoms with Gasteiger partial charge in [0, 0.05) is 15.9 Å². The summed E-state index contributed by atoms with van der Waals surface area (Å²) in [6.07, 6.45) is 2.07. The number of rotatable bonds is 6. The van der Waals surface area contributed by atoms with Crippen molar-refractivity contribution in [3.63, 3.8) is 0 Å². The van der Waals surface area contributed by atoms with E-state index in [4.69, 9.17) is 23.2 Å². The zero-order valence-corrected chi connectivity index (χ0v) is 13.2. The normalized spacial score (nSPS) is 12.6. The molecule has 1 N–H and O–H groups in total. The van der Waals surface area contributed by atoms with E-state index < -0.39 is 0 Å². The van der Waals surface area contributed by atoms with Crippen molar-refractivity contribution in [1.29, 1.82) is 0 Å². The van der Waals surface area contributed by atoms with Gasteiger partial charge in [-0.1, -0.05) is 42.3 Å². The fourth-order valence-electron chi connectivity index (χ4n) is 1.96. The SMILES string of the molecule is CCCNC(Cc1ccc(Cl)cc1)c1ccc(Cl)s1. The Balaban J connectivity index is 2.11. The van der Waals surface area contributed by atoms with Crippen LogP contribution in [0.2, 0.25) is 9.36 Å². The summed E-state index contributed by atoms with van der Waals surface area (Å²) in [5.74, 6) is 0. The van der Waals surface area contributed by atoms with Crippen LogP contribution in [0.25, 0.3) is 0 Å². The zero-order chi connectivity index (χ0) is 13.7. The molecule has 1 unspecified atom stereocenters. The molecule has 1 atom stereocenters. The van der Waals surface area contributed by atoms with E-state index in [9.17, 15) is 0 Å². The van der Waals surface area contributed by atoms with E-state index in [2.05, 4.69) is 30.4 Å². The van der Waals surface area contributed by atoms with Crippen LogP contribution in [0.4, 0.5) is 0 Å². The molecule has 0 amide bonds. The molecular weight excluding hydrogens is 297 g/mol. The van der Waals surface area contributed by atoms with Crippen molar-refractivity contribution in [3.8, 4) is 0 Å². The second-order valence-electron chi connectivity index (χ2n) is 4.48. The second kappa shape index (κ2) is 7.30. The molecule has 0 spiro atoms. The maximum Gasteiger partial charge on any atom is 0.0931 e. The summed E-state index contributed by atoms with van der Waals surface area (Å²) >= 11 is 13.6. The van der Waals surface area contributed by atoms with Gasteiger partial charge in [-0.2, -0.15) is 0 Å². The molecule has 0 bridgehead atoms. The molecule has 19 heavy (non-hydrogen) atoms. The first-order valence-corrected chi connectivity index (χ1v) is 7.99. The van der Waals surface area contributed by atoms with Crippen LogP contribution in [-0.2, 0) is 6.42 Å². The molecule has 1 aromatic carbocycles. The van der Waals surface area contributed by atoms with Crippen LogP contribution in [0.3, 0.4) is 0 Å². The van der Waals surface area contributed by atoms with Crippen LogP contribution < -0.4 is 5.32 Å². The molecule has 1 heterocycles. The van der Waals surface area contributed by atoms with Crippen molar-refractivity contribution < 1.29 is 0 Å². The number of thiophene rings is 1. The Bertz CT molecular complexity index is 507. The maximum atomic E-state index is 6.04. The van der Waals surface area contributed by atoms with Crippen LogP contribution in [0.15, 0.2) is 36.4 Å². The average molecular weight is 314 g/mol. The molecule has 1 nitrogen and oxygen atoms in total. The van der Waals surface area contributed by atoms with Crippen LogP contribution in [0, 0.1) is 0 Å². The number of hydrogen-bond acceptors (Lipinski definition) is 2. The van der Waals surface area contributed by atoms with Gasteiger partial charge in [0.25, 0.3) is 0 Å². The Morgan fingerprint density at radius 1 is 1.11 bits per heavy atom. The summed E-state index contributed by atoms with van der Waals surface area (Å²) in [7, 11) is 0. The van der Waals surface area contributed by atoms with Crippen molar-refractivity contribution in [2.24, 2.45) is 0 Å². The lowest BCUT2D eigenvalue weighted by molar-refractivity contribution is 0.536. The van der Waals surface area contributed by atoms with Gasteiger partial charge < -0.3 is 5.32 Å². The van der Waals surface area contributed by atoms with Crippen LogP contribution in [0.5, 0.6) is 0 Å². The predicted molar refractivity (Wildman–Crippen MR) is 85.5 cm³/mol. The molecule has 0 saturated heterocycles. The standard InChI is InChI=1S/C15H17Cl2NS/c1-2-9-18-13(14-7-8-15(17)19-14)10-11-3-5-12(16)6-4-11/h3-8,13,18H,2,9-10H2,1H3. The molecule has 2 rings (SSSR count). The summed E-state index contributed by atoms with van der Waals surface area (Å²) < 4.78 is 0.842. The number of hydrogen-bond donors (Lipinski definition) is 1. The number of benzene rings is 1. The quantitative estimate of drug-likeness (QED) is 0.759. The van der Waals surface area contributed by atoms with Gasteiger partial charge in [-0.15, -0.1) is 11.3 Å². The van der Waals surface area contributed by atoms with Crippen molar-refractivity contribution in [2.75, 3.05) is 6.54 Å². The molecule has 1 aromatic heterocycles. The van der Waals surface area contributed by atoms with Gasteiger partial charge in [0.05, 0.1) is 4.34 Å². The van der Waals surface area contributed by atoms with Gasteiger partial charge >= 0.3 is 0 Å². The molecule has 102 valence electrons.